The van der Waals surface area contributed by atoms with Crippen molar-refractivity contribution >= 4 is 23.4 Å². The maximum absolute atomic E-state index is 12.5. The number of rotatable bonds is 7. The Kier molecular flexibility index (Phi) is 6.30. The minimum Gasteiger partial charge on any atom is -0.465 e. The molecule has 20 heavy (non-hydrogen) atoms. The number of amides is 1. The van der Waals surface area contributed by atoms with E-state index in [1.807, 2.05) is 13.8 Å². The van der Waals surface area contributed by atoms with Crippen LogP contribution in [-0.4, -0.2) is 46.1 Å². The van der Waals surface area contributed by atoms with E-state index in [1.165, 1.54) is 4.90 Å². The van der Waals surface area contributed by atoms with Gasteiger partial charge in [-0.3, -0.25) is 9.59 Å². The molecular weight excluding hydrogens is 278 g/mol. The number of carbonyl (C=O) groups is 2. The average Bonchev–Trinajstić information content (AvgIpc) is 2.87. The summed E-state index contributed by atoms with van der Waals surface area (Å²) >= 11 is 1.04. The van der Waals surface area contributed by atoms with Crippen LogP contribution in [0, 0.1) is 0 Å². The summed E-state index contributed by atoms with van der Waals surface area (Å²) in [5, 5.41) is 3.97. The van der Waals surface area contributed by atoms with Crippen molar-refractivity contribution in [3.63, 3.8) is 0 Å². The van der Waals surface area contributed by atoms with Crippen molar-refractivity contribution in [3.8, 4) is 0 Å². The molecule has 7 heteroatoms. The van der Waals surface area contributed by atoms with Gasteiger partial charge in [-0.2, -0.15) is 0 Å². The van der Waals surface area contributed by atoms with E-state index in [-0.39, 0.29) is 31.5 Å². The Morgan fingerprint density at radius 3 is 2.75 bits per heavy atom. The van der Waals surface area contributed by atoms with Gasteiger partial charge in [0.1, 0.15) is 11.4 Å². The molecule has 110 valence electrons. The van der Waals surface area contributed by atoms with Gasteiger partial charge >= 0.3 is 5.97 Å². The van der Waals surface area contributed by atoms with Gasteiger partial charge in [0.25, 0.3) is 5.91 Å². The largest absolute Gasteiger partial charge is 0.465 e. The second-order valence-corrected chi connectivity index (χ2v) is 5.18. The smallest absolute Gasteiger partial charge is 0.325 e. The molecule has 0 unspecified atom stereocenters. The van der Waals surface area contributed by atoms with E-state index in [9.17, 15) is 9.59 Å². The van der Waals surface area contributed by atoms with Crippen LogP contribution < -0.4 is 0 Å². The lowest BCUT2D eigenvalue weighted by molar-refractivity contribution is -0.143. The first-order valence-electron chi connectivity index (χ1n) is 6.39. The van der Waals surface area contributed by atoms with Crippen molar-refractivity contribution in [1.29, 1.82) is 0 Å². The quantitative estimate of drug-likeness (QED) is 0.567. The summed E-state index contributed by atoms with van der Waals surface area (Å²) in [6.45, 7) is 9.66. The van der Waals surface area contributed by atoms with E-state index in [4.69, 9.17) is 4.74 Å². The summed E-state index contributed by atoms with van der Waals surface area (Å²) < 4.78 is 8.69. The van der Waals surface area contributed by atoms with Gasteiger partial charge in [0.2, 0.25) is 0 Å². The first kappa shape index (κ1) is 16.3. The van der Waals surface area contributed by atoms with Gasteiger partial charge in [-0.05, 0) is 24.4 Å². The molecule has 0 bridgehead atoms. The van der Waals surface area contributed by atoms with Crippen molar-refractivity contribution in [2.75, 3.05) is 19.7 Å². The Balaban J connectivity index is 2.90. The Bertz CT molecular complexity index is 485. The molecule has 0 aliphatic heterocycles. The van der Waals surface area contributed by atoms with Crippen LogP contribution in [0.4, 0.5) is 0 Å². The van der Waals surface area contributed by atoms with Crippen LogP contribution in [0.3, 0.4) is 0 Å². The highest BCUT2D eigenvalue weighted by molar-refractivity contribution is 7.08. The molecule has 6 nitrogen and oxygen atoms in total. The molecule has 0 aliphatic rings. The highest BCUT2D eigenvalue weighted by Gasteiger charge is 2.25. The Labute approximate surface area is 122 Å². The molecule has 0 aliphatic carbocycles. The third-order valence-corrected chi connectivity index (χ3v) is 3.25. The predicted molar refractivity (Wildman–Crippen MR) is 76.7 cm³/mol. The molecule has 0 atom stereocenters. The summed E-state index contributed by atoms with van der Waals surface area (Å²) in [5.74, 6) is -0.608. The number of aromatic nitrogens is 2. The Morgan fingerprint density at radius 1 is 1.50 bits per heavy atom. The zero-order chi connectivity index (χ0) is 15.1. The molecule has 1 amide bonds. The summed E-state index contributed by atoms with van der Waals surface area (Å²) in [4.78, 5) is 25.8. The summed E-state index contributed by atoms with van der Waals surface area (Å²) in [5.41, 5.74) is 0.651. The standard InChI is InChI=1S/C13H19N3O3S/c1-5-7-16(8-10(17)19-6-2)13(18)12-11(9(3)4)14-15-20-12/h5,9H,1,6-8H2,2-4H3. The van der Waals surface area contributed by atoms with Crippen molar-refractivity contribution in [1.82, 2.24) is 14.5 Å². The third kappa shape index (κ3) is 4.12. The van der Waals surface area contributed by atoms with Crippen LogP contribution in [0.15, 0.2) is 12.7 Å². The number of nitrogens with zero attached hydrogens (tertiary/aromatic N) is 3. The molecule has 0 saturated carbocycles. The number of esters is 1. The lowest BCUT2D eigenvalue weighted by atomic mass is 10.1. The van der Waals surface area contributed by atoms with Gasteiger partial charge in [0, 0.05) is 6.54 Å². The molecule has 0 fully saturated rings. The van der Waals surface area contributed by atoms with Crippen molar-refractivity contribution in [2.24, 2.45) is 0 Å². The van der Waals surface area contributed by atoms with Crippen LogP contribution in [0.25, 0.3) is 0 Å². The fraction of sp³-hybridized carbons (Fsp3) is 0.538. The van der Waals surface area contributed by atoms with Gasteiger partial charge < -0.3 is 9.64 Å². The minimum atomic E-state index is -0.439. The lowest BCUT2D eigenvalue weighted by Crippen LogP contribution is -2.36. The molecule has 0 aromatic carbocycles. The van der Waals surface area contributed by atoms with Gasteiger partial charge in [0.05, 0.1) is 12.3 Å². The molecule has 1 aromatic rings. The van der Waals surface area contributed by atoms with E-state index < -0.39 is 5.97 Å². The van der Waals surface area contributed by atoms with E-state index in [2.05, 4.69) is 16.2 Å². The molecule has 1 aromatic heterocycles. The summed E-state index contributed by atoms with van der Waals surface area (Å²) in [6, 6.07) is 0. The maximum Gasteiger partial charge on any atom is 0.325 e. The highest BCUT2D eigenvalue weighted by atomic mass is 32.1. The minimum absolute atomic E-state index is 0.0980. The zero-order valence-electron chi connectivity index (χ0n) is 12.0. The van der Waals surface area contributed by atoms with Gasteiger partial charge in [-0.15, -0.1) is 11.7 Å². The van der Waals surface area contributed by atoms with E-state index in [0.717, 1.165) is 11.5 Å². The summed E-state index contributed by atoms with van der Waals surface area (Å²) in [7, 11) is 0. The molecule has 1 rings (SSSR count). The fourth-order valence-electron chi connectivity index (χ4n) is 1.60. The second-order valence-electron chi connectivity index (χ2n) is 4.42. The molecular formula is C13H19N3O3S. The van der Waals surface area contributed by atoms with Crippen molar-refractivity contribution in [2.45, 2.75) is 26.7 Å². The third-order valence-electron chi connectivity index (χ3n) is 2.52. The zero-order valence-corrected chi connectivity index (χ0v) is 12.8. The topological polar surface area (TPSA) is 72.4 Å². The fourth-order valence-corrected chi connectivity index (χ4v) is 2.39. The van der Waals surface area contributed by atoms with Crippen LogP contribution in [0.1, 0.15) is 42.1 Å². The Morgan fingerprint density at radius 2 is 2.20 bits per heavy atom. The SMILES string of the molecule is C=CCN(CC(=O)OCC)C(=O)c1snnc1C(C)C. The van der Waals surface area contributed by atoms with Crippen molar-refractivity contribution < 1.29 is 14.3 Å². The lowest BCUT2D eigenvalue weighted by Gasteiger charge is -2.19. The first-order chi connectivity index (χ1) is 9.51. The van der Waals surface area contributed by atoms with Gasteiger partial charge in [-0.25, -0.2) is 0 Å². The van der Waals surface area contributed by atoms with Crippen LogP contribution >= 0.6 is 11.5 Å². The van der Waals surface area contributed by atoms with Crippen LogP contribution in [0.2, 0.25) is 0 Å². The molecule has 0 radical (unpaired) electrons. The second kappa shape index (κ2) is 7.74. The van der Waals surface area contributed by atoms with Gasteiger partial charge in [0.15, 0.2) is 0 Å². The van der Waals surface area contributed by atoms with E-state index in [1.54, 1.807) is 13.0 Å². The first-order valence-corrected chi connectivity index (χ1v) is 7.16. The van der Waals surface area contributed by atoms with E-state index >= 15 is 0 Å². The molecule has 1 heterocycles. The number of hydrogen-bond donors (Lipinski definition) is 0. The Hall–Kier alpha value is -1.76. The molecule has 0 saturated heterocycles. The number of ether oxygens (including phenoxy) is 1. The predicted octanol–water partition coefficient (Wildman–Crippen LogP) is 1.85. The normalized spacial score (nSPS) is 10.4. The van der Waals surface area contributed by atoms with E-state index in [0.29, 0.717) is 10.6 Å². The average molecular weight is 297 g/mol. The molecule has 0 N–H and O–H groups in total. The monoisotopic (exact) mass is 297 g/mol. The van der Waals surface area contributed by atoms with Gasteiger partial charge in [-0.1, -0.05) is 24.4 Å². The summed E-state index contributed by atoms with van der Waals surface area (Å²) in [6.07, 6.45) is 1.57. The molecule has 0 spiro atoms. The maximum atomic E-state index is 12.5. The van der Waals surface area contributed by atoms with Crippen LogP contribution in [0.5, 0.6) is 0 Å². The highest BCUT2D eigenvalue weighted by Crippen LogP contribution is 2.21. The number of hydrogen-bond acceptors (Lipinski definition) is 6. The van der Waals surface area contributed by atoms with Crippen molar-refractivity contribution in [3.05, 3.63) is 23.2 Å². The van der Waals surface area contributed by atoms with Crippen LogP contribution in [-0.2, 0) is 9.53 Å². The number of carbonyl (C=O) groups excluding carboxylic acids is 2.